The summed E-state index contributed by atoms with van der Waals surface area (Å²) in [7, 11) is 0. The van der Waals surface area contributed by atoms with Crippen molar-refractivity contribution < 1.29 is 18.7 Å². The van der Waals surface area contributed by atoms with E-state index < -0.39 is 11.6 Å². The Hall–Kier alpha value is -2.89. The summed E-state index contributed by atoms with van der Waals surface area (Å²) in [6.07, 6.45) is 0.621. The van der Waals surface area contributed by atoms with Crippen LogP contribution in [0.3, 0.4) is 0 Å². The molecule has 2 amide bonds. The molecule has 1 atom stereocenters. The van der Waals surface area contributed by atoms with Crippen molar-refractivity contribution in [2.24, 2.45) is 0 Å². The standard InChI is InChI=1S/C23H29FN2O3/c1-17(22(28)25-23(2,3)4)26(15-14-18-8-6-5-7-9-18)21(27)16-29-20-12-10-19(24)11-13-20/h5-13,17H,14-16H2,1-4H3,(H,25,28). The zero-order chi connectivity index (χ0) is 21.4. The predicted octanol–water partition coefficient (Wildman–Crippen LogP) is 3.58. The minimum Gasteiger partial charge on any atom is -0.484 e. The fraction of sp³-hybridized carbons (Fsp3) is 0.391. The SMILES string of the molecule is CC(C(=O)NC(C)(C)C)N(CCc1ccccc1)C(=O)COc1ccc(F)cc1. The average molecular weight is 400 g/mol. The van der Waals surface area contributed by atoms with Crippen LogP contribution in [0.15, 0.2) is 54.6 Å². The molecule has 29 heavy (non-hydrogen) atoms. The first-order valence-electron chi connectivity index (χ1n) is 9.69. The van der Waals surface area contributed by atoms with Gasteiger partial charge in [0.25, 0.3) is 5.91 Å². The summed E-state index contributed by atoms with van der Waals surface area (Å²) in [5.41, 5.74) is 0.678. The van der Waals surface area contributed by atoms with E-state index in [0.29, 0.717) is 18.7 Å². The summed E-state index contributed by atoms with van der Waals surface area (Å²) in [5, 5.41) is 2.92. The maximum atomic E-state index is 13.0. The molecule has 0 spiro atoms. The Labute approximate surface area is 171 Å². The van der Waals surface area contributed by atoms with Crippen molar-refractivity contribution >= 4 is 11.8 Å². The van der Waals surface area contributed by atoms with Gasteiger partial charge in [-0.05, 0) is 63.9 Å². The van der Waals surface area contributed by atoms with Crippen LogP contribution in [0.5, 0.6) is 5.75 Å². The Morgan fingerprint density at radius 1 is 1.07 bits per heavy atom. The van der Waals surface area contributed by atoms with Crippen molar-refractivity contribution in [1.29, 1.82) is 0 Å². The fourth-order valence-corrected chi connectivity index (χ4v) is 2.80. The summed E-state index contributed by atoms with van der Waals surface area (Å²) in [4.78, 5) is 27.0. The van der Waals surface area contributed by atoms with Gasteiger partial charge in [-0.2, -0.15) is 0 Å². The number of hydrogen-bond donors (Lipinski definition) is 1. The number of halogens is 1. The lowest BCUT2D eigenvalue weighted by Gasteiger charge is -2.31. The largest absolute Gasteiger partial charge is 0.484 e. The van der Waals surface area contributed by atoms with Crippen molar-refractivity contribution in [2.75, 3.05) is 13.2 Å². The number of rotatable bonds is 8. The molecule has 0 aliphatic rings. The third-order valence-corrected chi connectivity index (χ3v) is 4.33. The average Bonchev–Trinajstić information content (AvgIpc) is 2.67. The van der Waals surface area contributed by atoms with E-state index in [9.17, 15) is 14.0 Å². The third-order valence-electron chi connectivity index (χ3n) is 4.33. The van der Waals surface area contributed by atoms with Crippen LogP contribution in [0, 0.1) is 5.82 Å². The maximum absolute atomic E-state index is 13.0. The second-order valence-electron chi connectivity index (χ2n) is 7.98. The molecule has 1 N–H and O–H groups in total. The molecule has 6 heteroatoms. The molecule has 2 aromatic carbocycles. The number of benzene rings is 2. The van der Waals surface area contributed by atoms with Crippen molar-refractivity contribution in [3.05, 3.63) is 66.0 Å². The molecule has 5 nitrogen and oxygen atoms in total. The van der Waals surface area contributed by atoms with Gasteiger partial charge in [0.15, 0.2) is 6.61 Å². The molecule has 0 fully saturated rings. The van der Waals surface area contributed by atoms with E-state index in [1.54, 1.807) is 6.92 Å². The first-order valence-corrected chi connectivity index (χ1v) is 9.69. The lowest BCUT2D eigenvalue weighted by atomic mass is 10.1. The number of amides is 2. The molecule has 156 valence electrons. The van der Waals surface area contributed by atoms with Crippen LogP contribution < -0.4 is 10.1 Å². The summed E-state index contributed by atoms with van der Waals surface area (Å²) in [6, 6.07) is 14.6. The molecule has 0 saturated heterocycles. The molecule has 2 aromatic rings. The Balaban J connectivity index is 2.07. The van der Waals surface area contributed by atoms with Crippen LogP contribution in [0.4, 0.5) is 4.39 Å². The Morgan fingerprint density at radius 2 is 1.69 bits per heavy atom. The Kier molecular flexibility index (Phi) is 7.76. The maximum Gasteiger partial charge on any atom is 0.261 e. The van der Waals surface area contributed by atoms with Gasteiger partial charge in [0.1, 0.15) is 17.6 Å². The third kappa shape index (κ3) is 7.56. The highest BCUT2D eigenvalue weighted by atomic mass is 19.1. The zero-order valence-electron chi connectivity index (χ0n) is 17.4. The Morgan fingerprint density at radius 3 is 2.28 bits per heavy atom. The van der Waals surface area contributed by atoms with Gasteiger partial charge >= 0.3 is 0 Å². The molecule has 1 unspecified atom stereocenters. The lowest BCUT2D eigenvalue weighted by Crippen LogP contribution is -2.53. The van der Waals surface area contributed by atoms with Crippen LogP contribution in [0.25, 0.3) is 0 Å². The van der Waals surface area contributed by atoms with E-state index in [0.717, 1.165) is 5.56 Å². The van der Waals surface area contributed by atoms with Gasteiger partial charge in [-0.25, -0.2) is 4.39 Å². The molecule has 0 aliphatic carbocycles. The van der Waals surface area contributed by atoms with Gasteiger partial charge in [0, 0.05) is 12.1 Å². The molecule has 0 radical (unpaired) electrons. The highest BCUT2D eigenvalue weighted by Gasteiger charge is 2.28. The topological polar surface area (TPSA) is 58.6 Å². The van der Waals surface area contributed by atoms with E-state index in [1.807, 2.05) is 51.1 Å². The van der Waals surface area contributed by atoms with Crippen molar-refractivity contribution in [3.63, 3.8) is 0 Å². The van der Waals surface area contributed by atoms with Gasteiger partial charge in [-0.1, -0.05) is 30.3 Å². The zero-order valence-corrected chi connectivity index (χ0v) is 17.4. The number of nitrogens with one attached hydrogen (secondary N) is 1. The monoisotopic (exact) mass is 400 g/mol. The minimum atomic E-state index is -0.651. The summed E-state index contributed by atoms with van der Waals surface area (Å²) < 4.78 is 18.5. The second-order valence-corrected chi connectivity index (χ2v) is 7.98. The van der Waals surface area contributed by atoms with Gasteiger partial charge < -0.3 is 15.0 Å². The van der Waals surface area contributed by atoms with Crippen molar-refractivity contribution in [1.82, 2.24) is 10.2 Å². The number of hydrogen-bond acceptors (Lipinski definition) is 3. The first-order chi connectivity index (χ1) is 13.7. The van der Waals surface area contributed by atoms with Crippen LogP contribution in [0.1, 0.15) is 33.3 Å². The smallest absolute Gasteiger partial charge is 0.261 e. The number of carbonyl (C=O) groups excluding carboxylic acids is 2. The fourth-order valence-electron chi connectivity index (χ4n) is 2.80. The van der Waals surface area contributed by atoms with Gasteiger partial charge in [0.05, 0.1) is 0 Å². The quantitative estimate of drug-likeness (QED) is 0.737. The summed E-state index contributed by atoms with van der Waals surface area (Å²) >= 11 is 0. The molecule has 0 bridgehead atoms. The van der Waals surface area contributed by atoms with E-state index in [4.69, 9.17) is 4.74 Å². The highest BCUT2D eigenvalue weighted by molar-refractivity contribution is 5.88. The normalized spacial score (nSPS) is 12.2. The van der Waals surface area contributed by atoms with Gasteiger partial charge in [-0.3, -0.25) is 9.59 Å². The van der Waals surface area contributed by atoms with Gasteiger partial charge in [0.2, 0.25) is 5.91 Å². The second kappa shape index (κ2) is 10.0. The lowest BCUT2D eigenvalue weighted by molar-refractivity contribution is -0.142. The Bertz CT molecular complexity index is 801. The molecule has 0 heterocycles. The minimum absolute atomic E-state index is 0.222. The van der Waals surface area contributed by atoms with E-state index in [-0.39, 0.29) is 24.2 Å². The summed E-state index contributed by atoms with van der Waals surface area (Å²) in [5.74, 6) is -0.502. The first kappa shape index (κ1) is 22.4. The molecule has 2 rings (SSSR count). The van der Waals surface area contributed by atoms with Crippen molar-refractivity contribution in [3.8, 4) is 5.75 Å². The predicted molar refractivity (Wildman–Crippen MR) is 111 cm³/mol. The number of ether oxygens (including phenoxy) is 1. The van der Waals surface area contributed by atoms with Crippen LogP contribution in [-0.2, 0) is 16.0 Å². The number of nitrogens with zero attached hydrogens (tertiary/aromatic N) is 1. The molecule has 0 aliphatic heterocycles. The molecule has 0 saturated carbocycles. The molecular formula is C23H29FN2O3. The van der Waals surface area contributed by atoms with E-state index >= 15 is 0 Å². The molecule has 0 aromatic heterocycles. The highest BCUT2D eigenvalue weighted by Crippen LogP contribution is 2.13. The van der Waals surface area contributed by atoms with E-state index in [1.165, 1.54) is 29.2 Å². The molecular weight excluding hydrogens is 371 g/mol. The van der Waals surface area contributed by atoms with Crippen molar-refractivity contribution in [2.45, 2.75) is 45.7 Å². The summed E-state index contributed by atoms with van der Waals surface area (Å²) in [6.45, 7) is 7.55. The van der Waals surface area contributed by atoms with Crippen LogP contribution >= 0.6 is 0 Å². The number of carbonyl (C=O) groups is 2. The van der Waals surface area contributed by atoms with E-state index in [2.05, 4.69) is 5.32 Å². The van der Waals surface area contributed by atoms with Crippen LogP contribution in [0.2, 0.25) is 0 Å². The van der Waals surface area contributed by atoms with Crippen LogP contribution in [-0.4, -0.2) is 41.4 Å². The van der Waals surface area contributed by atoms with Gasteiger partial charge in [-0.15, -0.1) is 0 Å².